The molecule has 0 saturated carbocycles. The largest absolute Gasteiger partial charge is 3.00 e. The molecule has 4 nitrogen and oxygen atoms in total. The molecule has 244 valence electrons. The molecule has 4 aromatic carbocycles. The van der Waals surface area contributed by atoms with Crippen molar-refractivity contribution in [3.8, 4) is 39.5 Å². The average Bonchev–Trinajstić information content (AvgIpc) is 3.19. The number of aromatic nitrogens is 3. The Morgan fingerprint density at radius 3 is 1.43 bits per heavy atom. The molecule has 0 spiro atoms. The zero-order valence-corrected chi connectivity index (χ0v) is 30.1. The van der Waals surface area contributed by atoms with Crippen molar-refractivity contribution in [2.75, 3.05) is 0 Å². The minimum absolute atomic E-state index is 0. The van der Waals surface area contributed by atoms with Crippen LogP contribution < -0.4 is 4.74 Å². The molecule has 3 aromatic heterocycles. The van der Waals surface area contributed by atoms with Crippen molar-refractivity contribution in [2.24, 2.45) is 0 Å². The van der Waals surface area contributed by atoms with Crippen molar-refractivity contribution in [3.05, 3.63) is 194 Å². The van der Waals surface area contributed by atoms with E-state index in [4.69, 9.17) is 4.74 Å². The monoisotopic (exact) mass is 817 g/mol. The molecule has 0 saturated heterocycles. The Morgan fingerprint density at radius 1 is 0.551 bits per heavy atom. The van der Waals surface area contributed by atoms with E-state index in [0.29, 0.717) is 12.5 Å². The number of nitrogens with zero attached hydrogens (tertiary/aromatic N) is 3. The summed E-state index contributed by atoms with van der Waals surface area (Å²) < 4.78 is 5.86. The normalized spacial score (nSPS) is 10.6. The van der Waals surface area contributed by atoms with Gasteiger partial charge < -0.3 is 19.7 Å². The van der Waals surface area contributed by atoms with Gasteiger partial charge in [0, 0.05) is 24.3 Å². The van der Waals surface area contributed by atoms with Crippen LogP contribution in [0.4, 0.5) is 0 Å². The third kappa shape index (κ3) is 11.8. The van der Waals surface area contributed by atoms with Crippen LogP contribution in [0, 0.1) is 18.2 Å². The Balaban J connectivity index is 0.000000181. The van der Waals surface area contributed by atoms with Gasteiger partial charge >= 0.3 is 20.1 Å². The molecule has 0 aliphatic heterocycles. The van der Waals surface area contributed by atoms with Gasteiger partial charge in [-0.3, -0.25) is 0 Å². The van der Waals surface area contributed by atoms with E-state index in [1.165, 1.54) is 11.1 Å². The molecule has 0 bridgehead atoms. The molecule has 5 heteroatoms. The first kappa shape index (κ1) is 36.6. The first-order valence-corrected chi connectivity index (χ1v) is 16.1. The van der Waals surface area contributed by atoms with Crippen LogP contribution in [0.3, 0.4) is 0 Å². The molecule has 1 atom stereocenters. The van der Waals surface area contributed by atoms with E-state index < -0.39 is 0 Å². The number of benzene rings is 4. The summed E-state index contributed by atoms with van der Waals surface area (Å²) in [5.41, 5.74) is 8.48. The van der Waals surface area contributed by atoms with E-state index in [1.54, 1.807) is 18.6 Å². The van der Waals surface area contributed by atoms with Crippen molar-refractivity contribution < 1.29 is 24.8 Å². The van der Waals surface area contributed by atoms with Crippen LogP contribution >= 0.6 is 0 Å². The van der Waals surface area contributed by atoms with E-state index in [9.17, 15) is 0 Å². The number of ether oxygens (including phenoxy) is 1. The van der Waals surface area contributed by atoms with E-state index in [1.807, 2.05) is 121 Å². The summed E-state index contributed by atoms with van der Waals surface area (Å²) in [5, 5.41) is 0. The Kier molecular flexibility index (Phi) is 15.1. The summed E-state index contributed by atoms with van der Waals surface area (Å²) in [7, 11) is 0. The van der Waals surface area contributed by atoms with Gasteiger partial charge in [0.1, 0.15) is 6.61 Å². The second-order valence-electron chi connectivity index (χ2n) is 11.0. The van der Waals surface area contributed by atoms with Crippen LogP contribution in [-0.2, 0) is 26.7 Å². The van der Waals surface area contributed by atoms with Crippen LogP contribution in [0.25, 0.3) is 33.8 Å². The maximum absolute atomic E-state index is 5.86. The Morgan fingerprint density at radius 2 is 1.04 bits per heavy atom. The summed E-state index contributed by atoms with van der Waals surface area (Å²) in [4.78, 5) is 12.8. The fraction of sp³-hybridized carbons (Fsp3) is 0.114. The van der Waals surface area contributed by atoms with Gasteiger partial charge in [-0.05, 0) is 58.7 Å². The van der Waals surface area contributed by atoms with Gasteiger partial charge in [0.25, 0.3) is 0 Å². The molecule has 0 amide bonds. The molecular weight excluding hydrogens is 779 g/mol. The van der Waals surface area contributed by atoms with Crippen LogP contribution in [0.5, 0.6) is 5.75 Å². The van der Waals surface area contributed by atoms with Gasteiger partial charge in [-0.15, -0.1) is 102 Å². The van der Waals surface area contributed by atoms with Crippen molar-refractivity contribution in [1.29, 1.82) is 0 Å². The molecule has 0 aliphatic rings. The first-order chi connectivity index (χ1) is 23.7. The summed E-state index contributed by atoms with van der Waals surface area (Å²) in [6, 6.07) is 57.2. The van der Waals surface area contributed by atoms with Crippen molar-refractivity contribution in [1.82, 2.24) is 15.0 Å². The summed E-state index contributed by atoms with van der Waals surface area (Å²) in [6.07, 6.45) is 6.53. The first-order valence-electron chi connectivity index (χ1n) is 16.1. The van der Waals surface area contributed by atoms with Gasteiger partial charge in [-0.25, -0.2) is 0 Å². The average molecular weight is 817 g/mol. The maximum atomic E-state index is 5.86. The van der Waals surface area contributed by atoms with E-state index in [2.05, 4.69) is 71.3 Å². The smallest absolute Gasteiger partial charge is 0.532 e. The zero-order chi connectivity index (χ0) is 33.2. The SMILES string of the molecule is CCC(C)c1ccc(COc2c[c-]c(-c3ccccn3)cc2)cc1.[Ir+3].[c-]1ccccc1-c1ccccn1.[c-]1ccccc1-c1ccccn1. The molecule has 0 radical (unpaired) electrons. The minimum atomic E-state index is 0. The molecule has 7 rings (SSSR count). The molecule has 49 heavy (non-hydrogen) atoms. The molecule has 7 aromatic rings. The van der Waals surface area contributed by atoms with E-state index in [-0.39, 0.29) is 20.1 Å². The Hall–Kier alpha value is -5.22. The summed E-state index contributed by atoms with van der Waals surface area (Å²) >= 11 is 0. The van der Waals surface area contributed by atoms with Gasteiger partial charge in [0.15, 0.2) is 0 Å². The van der Waals surface area contributed by atoms with Crippen molar-refractivity contribution >= 4 is 0 Å². The van der Waals surface area contributed by atoms with Crippen LogP contribution in [0.15, 0.2) is 164 Å². The molecule has 0 fully saturated rings. The predicted molar refractivity (Wildman–Crippen MR) is 195 cm³/mol. The minimum Gasteiger partial charge on any atom is -0.532 e. The van der Waals surface area contributed by atoms with E-state index >= 15 is 0 Å². The second-order valence-corrected chi connectivity index (χ2v) is 11.0. The number of hydrogen-bond acceptors (Lipinski definition) is 4. The maximum Gasteiger partial charge on any atom is 3.00 e. The second kappa shape index (κ2) is 20.2. The summed E-state index contributed by atoms with van der Waals surface area (Å²) in [5.74, 6) is 1.43. The third-order valence-corrected chi connectivity index (χ3v) is 7.59. The standard InChI is InChI=1S/C22H22NO.2C11H8N.Ir/c1-3-17(2)19-9-7-18(8-10-19)16-24-21-13-11-20(12-14-21)22-6-4-5-15-23-22;2*1-2-6-10(7-3-1)11-8-4-5-9-12-11;/h4-11,13-15,17H,3,16H2,1-2H3;2*1-6,8-9H;/q3*-1;+3. The molecular formula is C44H38IrN3O. The van der Waals surface area contributed by atoms with Gasteiger partial charge in [0.05, 0.1) is 0 Å². The van der Waals surface area contributed by atoms with Gasteiger partial charge in [0.2, 0.25) is 0 Å². The van der Waals surface area contributed by atoms with Crippen LogP contribution in [0.2, 0.25) is 0 Å². The van der Waals surface area contributed by atoms with E-state index in [0.717, 1.165) is 45.9 Å². The zero-order valence-electron chi connectivity index (χ0n) is 27.7. The number of pyridine rings is 3. The Labute approximate surface area is 304 Å². The van der Waals surface area contributed by atoms with Gasteiger partial charge in [-0.1, -0.05) is 74.5 Å². The molecule has 1 unspecified atom stereocenters. The quantitative estimate of drug-likeness (QED) is 0.143. The fourth-order valence-electron chi connectivity index (χ4n) is 4.68. The number of hydrogen-bond donors (Lipinski definition) is 0. The summed E-state index contributed by atoms with van der Waals surface area (Å²) in [6.45, 7) is 5.04. The van der Waals surface area contributed by atoms with Crippen molar-refractivity contribution in [2.45, 2.75) is 32.8 Å². The van der Waals surface area contributed by atoms with Crippen molar-refractivity contribution in [3.63, 3.8) is 0 Å². The number of rotatable bonds is 8. The third-order valence-electron chi connectivity index (χ3n) is 7.59. The fourth-order valence-corrected chi connectivity index (χ4v) is 4.68. The predicted octanol–water partition coefficient (Wildman–Crippen LogP) is 10.7. The molecule has 0 aliphatic carbocycles. The Bertz CT molecular complexity index is 1720. The van der Waals surface area contributed by atoms with Crippen LogP contribution in [0.1, 0.15) is 37.3 Å². The molecule has 3 heterocycles. The molecule has 0 N–H and O–H groups in total. The van der Waals surface area contributed by atoms with Gasteiger partial charge in [-0.2, -0.15) is 0 Å². The van der Waals surface area contributed by atoms with Crippen LogP contribution in [-0.4, -0.2) is 15.0 Å². The topological polar surface area (TPSA) is 47.9 Å².